The van der Waals surface area contributed by atoms with Gasteiger partial charge >= 0.3 is 11.9 Å². The predicted octanol–water partition coefficient (Wildman–Crippen LogP) is -0.583. The zero-order valence-corrected chi connectivity index (χ0v) is 9.12. The Kier molecular flexibility index (Phi) is 10.9. The number of nitrogens with two attached hydrogens (primary N) is 2. The number of hydrogen-bond donors (Lipinski definition) is 4. The molecule has 0 amide bonds. The number of aliphatic carboxylic acids is 2. The fourth-order valence-corrected chi connectivity index (χ4v) is 0.405. The van der Waals surface area contributed by atoms with Crippen LogP contribution in [-0.4, -0.2) is 47.3 Å². The Balaban J connectivity index is 0. The first-order chi connectivity index (χ1) is 8.36. The van der Waals surface area contributed by atoms with E-state index in [-0.39, 0.29) is 13.1 Å². The molecule has 0 aliphatic carbocycles. The third-order valence-electron chi connectivity index (χ3n) is 1.32. The Hall–Kier alpha value is -2.52. The lowest BCUT2D eigenvalue weighted by atomic mass is 10.3. The van der Waals surface area contributed by atoms with Gasteiger partial charge in [-0.15, -0.1) is 0 Å². The Morgan fingerprint density at radius 2 is 1.28 bits per heavy atom. The van der Waals surface area contributed by atoms with Crippen LogP contribution in [0.4, 0.5) is 0 Å². The van der Waals surface area contributed by atoms with Crippen LogP contribution in [0.15, 0.2) is 10.2 Å². The van der Waals surface area contributed by atoms with Gasteiger partial charge < -0.3 is 21.7 Å². The number of carbonyl (C=O) groups is 2. The molecule has 18 heavy (non-hydrogen) atoms. The van der Waals surface area contributed by atoms with E-state index < -0.39 is 24.0 Å². The molecule has 12 heteroatoms. The fraction of sp³-hybridized carbons (Fsp3) is 0.667. The minimum atomic E-state index is -1.16. The van der Waals surface area contributed by atoms with E-state index in [1.807, 2.05) is 0 Å². The molecule has 0 radical (unpaired) electrons. The molecule has 0 aromatic rings. The molecule has 2 atom stereocenters. The summed E-state index contributed by atoms with van der Waals surface area (Å²) in [6.07, 6.45) is 0. The minimum absolute atomic E-state index is 0.203. The topological polar surface area (TPSA) is 224 Å². The van der Waals surface area contributed by atoms with Crippen LogP contribution in [-0.2, 0) is 9.59 Å². The highest BCUT2D eigenvalue weighted by atomic mass is 16.4. The quantitative estimate of drug-likeness (QED) is 0.277. The van der Waals surface area contributed by atoms with Crippen molar-refractivity contribution < 1.29 is 19.8 Å². The molecular formula is C6H12N8O4. The Bertz CT molecular complexity index is 336. The van der Waals surface area contributed by atoms with Gasteiger partial charge in [-0.3, -0.25) is 9.59 Å². The third-order valence-corrected chi connectivity index (χ3v) is 1.32. The van der Waals surface area contributed by atoms with E-state index in [1.54, 1.807) is 0 Å². The summed E-state index contributed by atoms with van der Waals surface area (Å²) < 4.78 is 0. The van der Waals surface area contributed by atoms with Crippen LogP contribution >= 0.6 is 0 Å². The van der Waals surface area contributed by atoms with Crippen LogP contribution in [0, 0.1) is 0 Å². The van der Waals surface area contributed by atoms with Gasteiger partial charge in [0.05, 0.1) is 13.1 Å². The average Bonchev–Trinajstić information content (AvgIpc) is 2.33. The van der Waals surface area contributed by atoms with Gasteiger partial charge in [0, 0.05) is 9.82 Å². The summed E-state index contributed by atoms with van der Waals surface area (Å²) in [6.45, 7) is -0.405. The predicted molar refractivity (Wildman–Crippen MR) is 59.2 cm³/mol. The van der Waals surface area contributed by atoms with Crippen LogP contribution < -0.4 is 11.5 Å². The monoisotopic (exact) mass is 260 g/mol. The molecule has 0 bridgehead atoms. The van der Waals surface area contributed by atoms with Crippen LogP contribution in [0.1, 0.15) is 0 Å². The zero-order valence-electron chi connectivity index (χ0n) is 9.12. The molecule has 0 aliphatic rings. The van der Waals surface area contributed by atoms with Gasteiger partial charge in [0.25, 0.3) is 0 Å². The Morgan fingerprint density at radius 3 is 1.44 bits per heavy atom. The van der Waals surface area contributed by atoms with Gasteiger partial charge in [-0.25, -0.2) is 0 Å². The van der Waals surface area contributed by atoms with Gasteiger partial charge in [0.15, 0.2) is 0 Å². The maximum atomic E-state index is 9.90. The van der Waals surface area contributed by atoms with Crippen molar-refractivity contribution in [2.24, 2.45) is 21.7 Å². The minimum Gasteiger partial charge on any atom is -0.480 e. The van der Waals surface area contributed by atoms with Crippen molar-refractivity contribution in [3.63, 3.8) is 0 Å². The van der Waals surface area contributed by atoms with Crippen molar-refractivity contribution in [2.45, 2.75) is 12.1 Å². The van der Waals surface area contributed by atoms with E-state index in [0.29, 0.717) is 0 Å². The van der Waals surface area contributed by atoms with Crippen molar-refractivity contribution in [1.82, 2.24) is 0 Å². The Labute approximate surface area is 100 Å². The van der Waals surface area contributed by atoms with Crippen LogP contribution in [0.2, 0.25) is 0 Å². The molecule has 0 aromatic heterocycles. The van der Waals surface area contributed by atoms with E-state index in [4.69, 9.17) is 32.7 Å². The molecule has 0 saturated carbocycles. The second kappa shape index (κ2) is 11.0. The summed E-state index contributed by atoms with van der Waals surface area (Å²) in [4.78, 5) is 24.5. The van der Waals surface area contributed by atoms with Crippen LogP contribution in [0.25, 0.3) is 20.9 Å². The molecule has 0 aliphatic heterocycles. The number of carboxylic acids is 2. The van der Waals surface area contributed by atoms with Crippen molar-refractivity contribution in [2.75, 3.05) is 13.1 Å². The highest BCUT2D eigenvalue weighted by Gasteiger charge is 2.08. The maximum Gasteiger partial charge on any atom is 0.320 e. The third kappa shape index (κ3) is 11.6. The lowest BCUT2D eigenvalue weighted by molar-refractivity contribution is -0.139. The second-order valence-corrected chi connectivity index (χ2v) is 2.72. The molecule has 0 unspecified atom stereocenters. The van der Waals surface area contributed by atoms with Gasteiger partial charge in [-0.1, -0.05) is 10.2 Å². The summed E-state index contributed by atoms with van der Waals surface area (Å²) in [5, 5.41) is 22.1. The van der Waals surface area contributed by atoms with E-state index in [9.17, 15) is 9.59 Å². The summed E-state index contributed by atoms with van der Waals surface area (Å²) in [6, 6.07) is -2.17. The van der Waals surface area contributed by atoms with Crippen LogP contribution in [0.5, 0.6) is 0 Å². The Morgan fingerprint density at radius 1 is 1.00 bits per heavy atom. The van der Waals surface area contributed by atoms with Gasteiger partial charge in [-0.05, 0) is 11.1 Å². The van der Waals surface area contributed by atoms with E-state index in [0.717, 1.165) is 0 Å². The first-order valence-corrected chi connectivity index (χ1v) is 4.35. The average molecular weight is 260 g/mol. The fourth-order valence-electron chi connectivity index (χ4n) is 0.405. The first kappa shape index (κ1) is 17.9. The van der Waals surface area contributed by atoms with Crippen molar-refractivity contribution in [3.05, 3.63) is 20.9 Å². The molecule has 0 aromatic carbocycles. The lowest BCUT2D eigenvalue weighted by Crippen LogP contribution is -2.32. The van der Waals surface area contributed by atoms with Gasteiger partial charge in [0.2, 0.25) is 0 Å². The molecule has 0 spiro atoms. The zero-order chi connectivity index (χ0) is 14.6. The first-order valence-electron chi connectivity index (χ1n) is 4.35. The SMILES string of the molecule is [N-]=[N+]=NC[C@@H](N)C(=O)O.[N-]=[N+]=NC[C@@H](N)C(=O)O. The second-order valence-electron chi connectivity index (χ2n) is 2.72. The van der Waals surface area contributed by atoms with Crippen molar-refractivity contribution >= 4 is 11.9 Å². The number of carboxylic acid groups (broad SMARTS) is 2. The molecule has 0 heterocycles. The number of rotatable bonds is 6. The van der Waals surface area contributed by atoms with Crippen LogP contribution in [0.3, 0.4) is 0 Å². The van der Waals surface area contributed by atoms with Gasteiger partial charge in [0.1, 0.15) is 12.1 Å². The van der Waals surface area contributed by atoms with Crippen molar-refractivity contribution in [3.8, 4) is 0 Å². The van der Waals surface area contributed by atoms with E-state index >= 15 is 0 Å². The maximum absolute atomic E-state index is 9.90. The molecule has 12 nitrogen and oxygen atoms in total. The summed E-state index contributed by atoms with van der Waals surface area (Å²) >= 11 is 0. The lowest BCUT2D eigenvalue weighted by Gasteiger charge is -1.97. The number of azide groups is 2. The van der Waals surface area contributed by atoms with E-state index in [1.165, 1.54) is 0 Å². The highest BCUT2D eigenvalue weighted by molar-refractivity contribution is 5.73. The molecule has 0 saturated heterocycles. The molecule has 100 valence electrons. The van der Waals surface area contributed by atoms with Crippen molar-refractivity contribution in [1.29, 1.82) is 0 Å². The normalized spacial score (nSPS) is 11.7. The molecule has 6 N–H and O–H groups in total. The molecular weight excluding hydrogens is 248 g/mol. The number of hydrogen-bond acceptors (Lipinski definition) is 6. The van der Waals surface area contributed by atoms with Gasteiger partial charge in [-0.2, -0.15) is 0 Å². The number of nitrogens with zero attached hydrogens (tertiary/aromatic N) is 6. The summed E-state index contributed by atoms with van der Waals surface area (Å²) in [5.41, 5.74) is 25.3. The van der Waals surface area contributed by atoms with E-state index in [2.05, 4.69) is 20.1 Å². The highest BCUT2D eigenvalue weighted by Crippen LogP contribution is 1.80. The molecule has 0 fully saturated rings. The summed E-state index contributed by atoms with van der Waals surface area (Å²) in [5.74, 6) is -2.33. The standard InChI is InChI=1S/2C3H6N4O2/c2*4-2(3(8)9)1-6-7-5/h2*2H,1,4H2,(H,8,9)/t2*2-/m11/s1. The summed E-state index contributed by atoms with van der Waals surface area (Å²) in [7, 11) is 0. The largest absolute Gasteiger partial charge is 0.480 e. The smallest absolute Gasteiger partial charge is 0.320 e. The molecule has 0 rings (SSSR count).